The van der Waals surface area contributed by atoms with E-state index in [-0.39, 0.29) is 23.2 Å². The van der Waals surface area contributed by atoms with Gasteiger partial charge in [-0.15, -0.1) is 6.42 Å². The highest BCUT2D eigenvalue weighted by molar-refractivity contribution is 7.18. The number of anilines is 1. The van der Waals surface area contributed by atoms with E-state index in [0.29, 0.717) is 0 Å². The Morgan fingerprint density at radius 2 is 2.50 bits per heavy atom. The number of terminal acetylenes is 1. The molecule has 1 aromatic heterocycles. The molecule has 0 spiro atoms. The third-order valence-corrected chi connectivity index (χ3v) is 2.55. The molecule has 1 N–H and O–H groups in total. The van der Waals surface area contributed by atoms with E-state index in [1.165, 1.54) is 4.90 Å². The maximum absolute atomic E-state index is 10.5. The van der Waals surface area contributed by atoms with Crippen molar-refractivity contribution in [1.29, 1.82) is 0 Å². The predicted octanol–water partition coefficient (Wildman–Crippen LogP) is 0.575. The topological polar surface area (TPSA) is 96.6 Å². The molecule has 0 bridgehead atoms. The molecule has 0 saturated carbocycles. The van der Waals surface area contributed by atoms with Crippen LogP contribution in [0.1, 0.15) is 0 Å². The van der Waals surface area contributed by atoms with Crippen molar-refractivity contribution in [3.05, 3.63) is 16.3 Å². The first-order valence-corrected chi connectivity index (χ1v) is 4.86. The second-order valence-electron chi connectivity index (χ2n) is 2.69. The first kappa shape index (κ1) is 11.9. The van der Waals surface area contributed by atoms with Crippen LogP contribution in [0.25, 0.3) is 0 Å². The number of aliphatic carboxylic acids is 1. The summed E-state index contributed by atoms with van der Waals surface area (Å²) in [4.78, 5) is 25.4. The SMILES string of the molecule is C#CCN(CC(=O)O)c1ncc([N+](=O)[O-])s1. The van der Waals surface area contributed by atoms with Gasteiger partial charge in [0, 0.05) is 0 Å². The smallest absolute Gasteiger partial charge is 0.345 e. The van der Waals surface area contributed by atoms with Crippen molar-refractivity contribution in [2.24, 2.45) is 0 Å². The van der Waals surface area contributed by atoms with Gasteiger partial charge in [-0.1, -0.05) is 5.92 Å². The third kappa shape index (κ3) is 2.93. The van der Waals surface area contributed by atoms with E-state index in [1.54, 1.807) is 0 Å². The monoisotopic (exact) mass is 241 g/mol. The molecule has 0 aliphatic heterocycles. The number of nitrogens with zero attached hydrogens (tertiary/aromatic N) is 3. The normalized spacial score (nSPS) is 9.44. The Morgan fingerprint density at radius 3 is 2.94 bits per heavy atom. The number of hydrogen-bond donors (Lipinski definition) is 1. The van der Waals surface area contributed by atoms with Crippen LogP contribution in [0, 0.1) is 22.5 Å². The minimum absolute atomic E-state index is 0.0387. The molecule has 0 radical (unpaired) electrons. The number of carboxylic acid groups (broad SMARTS) is 1. The molecule has 0 unspecified atom stereocenters. The molecule has 0 saturated heterocycles. The van der Waals surface area contributed by atoms with Crippen molar-refractivity contribution in [1.82, 2.24) is 4.98 Å². The minimum Gasteiger partial charge on any atom is -0.480 e. The summed E-state index contributed by atoms with van der Waals surface area (Å²) < 4.78 is 0. The van der Waals surface area contributed by atoms with Crippen LogP contribution < -0.4 is 4.90 Å². The van der Waals surface area contributed by atoms with E-state index in [9.17, 15) is 14.9 Å². The number of carbonyl (C=O) groups is 1. The number of rotatable bonds is 5. The third-order valence-electron chi connectivity index (χ3n) is 1.54. The Balaban J connectivity index is 2.88. The number of nitro groups is 1. The van der Waals surface area contributed by atoms with Crippen molar-refractivity contribution in [2.75, 3.05) is 18.0 Å². The molecule has 1 aromatic rings. The second-order valence-corrected chi connectivity index (χ2v) is 3.68. The Hall–Kier alpha value is -2.14. The molecule has 0 aliphatic carbocycles. The van der Waals surface area contributed by atoms with Gasteiger partial charge in [0.25, 0.3) is 0 Å². The van der Waals surface area contributed by atoms with Gasteiger partial charge in [-0.05, 0) is 11.3 Å². The van der Waals surface area contributed by atoms with E-state index in [0.717, 1.165) is 17.5 Å². The standard InChI is InChI=1S/C8H7N3O4S/c1-2-3-10(5-7(12)13)8-9-4-6(16-8)11(14)15/h1,4H,3,5H2,(H,12,13). The highest BCUT2D eigenvalue weighted by Gasteiger charge is 2.17. The summed E-state index contributed by atoms with van der Waals surface area (Å²) in [6.45, 7) is -0.300. The van der Waals surface area contributed by atoms with Crippen LogP contribution in [0.4, 0.5) is 10.1 Å². The lowest BCUT2D eigenvalue weighted by Crippen LogP contribution is -2.29. The van der Waals surface area contributed by atoms with Crippen LogP contribution in [0.5, 0.6) is 0 Å². The minimum atomic E-state index is -1.08. The second kappa shape index (κ2) is 5.09. The summed E-state index contributed by atoms with van der Waals surface area (Å²) in [7, 11) is 0. The molecular weight excluding hydrogens is 234 g/mol. The maximum atomic E-state index is 10.5. The van der Waals surface area contributed by atoms with Crippen LogP contribution in [-0.4, -0.2) is 34.1 Å². The first-order chi connectivity index (χ1) is 7.54. The average molecular weight is 241 g/mol. The van der Waals surface area contributed by atoms with Crippen LogP contribution >= 0.6 is 11.3 Å². The lowest BCUT2D eigenvalue weighted by molar-refractivity contribution is -0.380. The maximum Gasteiger partial charge on any atom is 0.345 e. The fraction of sp³-hybridized carbons (Fsp3) is 0.250. The van der Waals surface area contributed by atoms with Gasteiger partial charge in [0.15, 0.2) is 5.13 Å². The quantitative estimate of drug-likeness (QED) is 0.460. The summed E-state index contributed by atoms with van der Waals surface area (Å²) in [5.41, 5.74) is 0. The van der Waals surface area contributed by atoms with Crippen molar-refractivity contribution in [3.63, 3.8) is 0 Å². The van der Waals surface area contributed by atoms with Crippen LogP contribution in [-0.2, 0) is 4.79 Å². The molecule has 16 heavy (non-hydrogen) atoms. The van der Waals surface area contributed by atoms with Gasteiger partial charge in [-0.2, -0.15) is 0 Å². The molecule has 8 heteroatoms. The van der Waals surface area contributed by atoms with Crippen LogP contribution in [0.2, 0.25) is 0 Å². The van der Waals surface area contributed by atoms with Gasteiger partial charge >= 0.3 is 11.0 Å². The average Bonchev–Trinajstić information content (AvgIpc) is 2.65. The summed E-state index contributed by atoms with van der Waals surface area (Å²) in [6, 6.07) is 0. The fourth-order valence-electron chi connectivity index (χ4n) is 0.952. The highest BCUT2D eigenvalue weighted by atomic mass is 32.1. The lowest BCUT2D eigenvalue weighted by atomic mass is 10.5. The van der Waals surface area contributed by atoms with Gasteiger partial charge in [0.2, 0.25) is 0 Å². The van der Waals surface area contributed by atoms with Crippen molar-refractivity contribution < 1.29 is 14.8 Å². The van der Waals surface area contributed by atoms with Crippen LogP contribution in [0.15, 0.2) is 6.20 Å². The molecule has 7 nitrogen and oxygen atoms in total. The van der Waals surface area contributed by atoms with Crippen molar-refractivity contribution >= 4 is 27.4 Å². The largest absolute Gasteiger partial charge is 0.480 e. The zero-order valence-corrected chi connectivity index (χ0v) is 8.81. The van der Waals surface area contributed by atoms with Crippen LogP contribution in [0.3, 0.4) is 0 Å². The summed E-state index contributed by atoms with van der Waals surface area (Å²) >= 11 is 0.788. The van der Waals surface area contributed by atoms with Gasteiger partial charge in [-0.3, -0.25) is 14.9 Å². The van der Waals surface area contributed by atoms with Gasteiger partial charge in [0.05, 0.1) is 11.5 Å². The molecule has 0 aliphatic rings. The Kier molecular flexibility index (Phi) is 3.79. The lowest BCUT2D eigenvalue weighted by Gasteiger charge is -2.15. The fourth-order valence-corrected chi connectivity index (χ4v) is 1.68. The van der Waals surface area contributed by atoms with E-state index in [2.05, 4.69) is 10.9 Å². The van der Waals surface area contributed by atoms with Crippen molar-refractivity contribution in [3.8, 4) is 12.3 Å². The van der Waals surface area contributed by atoms with Crippen molar-refractivity contribution in [2.45, 2.75) is 0 Å². The molecule has 0 fully saturated rings. The van der Waals surface area contributed by atoms with Gasteiger partial charge < -0.3 is 10.0 Å². The first-order valence-electron chi connectivity index (χ1n) is 4.05. The molecule has 84 valence electrons. The highest BCUT2D eigenvalue weighted by Crippen LogP contribution is 2.27. The number of aromatic nitrogens is 1. The Bertz CT molecular complexity index is 450. The summed E-state index contributed by atoms with van der Waals surface area (Å²) in [6.07, 6.45) is 6.14. The van der Waals surface area contributed by atoms with Gasteiger partial charge in [0.1, 0.15) is 12.7 Å². The molecule has 1 rings (SSSR count). The van der Waals surface area contributed by atoms with E-state index < -0.39 is 10.9 Å². The summed E-state index contributed by atoms with van der Waals surface area (Å²) in [5.74, 6) is 1.19. The van der Waals surface area contributed by atoms with E-state index in [1.807, 2.05) is 0 Å². The number of carboxylic acids is 1. The predicted molar refractivity (Wildman–Crippen MR) is 57.5 cm³/mol. The van der Waals surface area contributed by atoms with Gasteiger partial charge in [-0.25, -0.2) is 4.98 Å². The number of hydrogen-bond acceptors (Lipinski definition) is 6. The Morgan fingerprint density at radius 1 is 1.81 bits per heavy atom. The zero-order chi connectivity index (χ0) is 12.1. The van der Waals surface area contributed by atoms with E-state index >= 15 is 0 Å². The number of thiazole rings is 1. The molecule has 0 amide bonds. The van der Waals surface area contributed by atoms with E-state index in [4.69, 9.17) is 11.5 Å². The molecule has 1 heterocycles. The molecule has 0 atom stereocenters. The summed E-state index contributed by atoms with van der Waals surface area (Å²) in [5, 5.41) is 19.1. The molecule has 0 aromatic carbocycles. The zero-order valence-electron chi connectivity index (χ0n) is 7.99. The Labute approximate surface area is 94.5 Å². The molecular formula is C8H7N3O4S.